The fourth-order valence-corrected chi connectivity index (χ4v) is 4.78. The first-order chi connectivity index (χ1) is 16.2. The number of para-hydroxylation sites is 1. The van der Waals surface area contributed by atoms with Crippen LogP contribution in [-0.4, -0.2) is 45.3 Å². The van der Waals surface area contributed by atoms with Crippen molar-refractivity contribution in [3.8, 4) is 11.4 Å². The summed E-state index contributed by atoms with van der Waals surface area (Å²) in [6.45, 7) is 7.10. The van der Waals surface area contributed by atoms with Gasteiger partial charge in [0.05, 0.1) is 5.52 Å². The predicted octanol–water partition coefficient (Wildman–Crippen LogP) is 4.97. The van der Waals surface area contributed by atoms with Crippen LogP contribution in [-0.2, 0) is 0 Å². The SMILES string of the molecule is Cc1cccc(N2CCN(c3nc4ccccc4c4nc(-c5ccccc5)nn34)C[C@@H]2C)c1. The maximum absolute atomic E-state index is 5.05. The van der Waals surface area contributed by atoms with E-state index in [1.807, 2.05) is 47.0 Å². The average molecular weight is 435 g/mol. The zero-order chi connectivity index (χ0) is 22.4. The average Bonchev–Trinajstić information content (AvgIpc) is 3.30. The number of aryl methyl sites for hydroxylation is 1. The number of anilines is 2. The van der Waals surface area contributed by atoms with Crippen LogP contribution in [0.2, 0.25) is 0 Å². The molecule has 1 fully saturated rings. The molecule has 164 valence electrons. The molecule has 3 aromatic carbocycles. The zero-order valence-corrected chi connectivity index (χ0v) is 18.9. The molecule has 0 N–H and O–H groups in total. The summed E-state index contributed by atoms with van der Waals surface area (Å²) in [5.41, 5.74) is 5.37. The summed E-state index contributed by atoms with van der Waals surface area (Å²) in [6, 6.07) is 27.4. The summed E-state index contributed by atoms with van der Waals surface area (Å²) in [5, 5.41) is 5.93. The van der Waals surface area contributed by atoms with Crippen molar-refractivity contribution in [1.82, 2.24) is 19.6 Å². The first kappa shape index (κ1) is 19.7. The predicted molar refractivity (Wildman–Crippen MR) is 134 cm³/mol. The van der Waals surface area contributed by atoms with Crippen molar-refractivity contribution in [1.29, 1.82) is 0 Å². The van der Waals surface area contributed by atoms with Crippen LogP contribution >= 0.6 is 0 Å². The van der Waals surface area contributed by atoms with E-state index in [1.54, 1.807) is 0 Å². The number of benzene rings is 3. The van der Waals surface area contributed by atoms with E-state index in [4.69, 9.17) is 15.1 Å². The Morgan fingerprint density at radius 1 is 0.848 bits per heavy atom. The highest BCUT2D eigenvalue weighted by molar-refractivity contribution is 5.93. The van der Waals surface area contributed by atoms with Gasteiger partial charge in [0.1, 0.15) is 0 Å². The van der Waals surface area contributed by atoms with E-state index in [9.17, 15) is 0 Å². The fraction of sp³-hybridized carbons (Fsp3) is 0.222. The summed E-state index contributed by atoms with van der Waals surface area (Å²) in [7, 11) is 0. The molecule has 3 heterocycles. The highest BCUT2D eigenvalue weighted by Crippen LogP contribution is 2.28. The molecule has 6 rings (SSSR count). The number of hydrogen-bond donors (Lipinski definition) is 0. The van der Waals surface area contributed by atoms with Gasteiger partial charge in [0, 0.05) is 42.3 Å². The van der Waals surface area contributed by atoms with E-state index >= 15 is 0 Å². The Morgan fingerprint density at radius 3 is 2.48 bits per heavy atom. The van der Waals surface area contributed by atoms with Gasteiger partial charge in [-0.1, -0.05) is 54.6 Å². The highest BCUT2D eigenvalue weighted by atomic mass is 15.4. The van der Waals surface area contributed by atoms with Gasteiger partial charge in [0.25, 0.3) is 0 Å². The topological polar surface area (TPSA) is 49.6 Å². The number of nitrogens with zero attached hydrogens (tertiary/aromatic N) is 6. The van der Waals surface area contributed by atoms with Crippen molar-refractivity contribution in [2.45, 2.75) is 19.9 Å². The lowest BCUT2D eigenvalue weighted by atomic mass is 10.1. The highest BCUT2D eigenvalue weighted by Gasteiger charge is 2.27. The van der Waals surface area contributed by atoms with Gasteiger partial charge in [-0.15, -0.1) is 5.10 Å². The van der Waals surface area contributed by atoms with Crippen LogP contribution in [0.15, 0.2) is 78.9 Å². The van der Waals surface area contributed by atoms with Crippen LogP contribution in [0.25, 0.3) is 27.9 Å². The molecule has 1 saturated heterocycles. The van der Waals surface area contributed by atoms with Gasteiger partial charge in [0.15, 0.2) is 11.5 Å². The molecule has 33 heavy (non-hydrogen) atoms. The maximum atomic E-state index is 5.05. The zero-order valence-electron chi connectivity index (χ0n) is 18.9. The number of fused-ring (bicyclic) bond motifs is 3. The summed E-state index contributed by atoms with van der Waals surface area (Å²) in [5.74, 6) is 1.58. The van der Waals surface area contributed by atoms with Crippen molar-refractivity contribution in [3.05, 3.63) is 84.4 Å². The Kier molecular flexibility index (Phi) is 4.72. The van der Waals surface area contributed by atoms with E-state index in [1.165, 1.54) is 11.3 Å². The van der Waals surface area contributed by atoms with Crippen molar-refractivity contribution in [2.75, 3.05) is 29.4 Å². The molecule has 0 saturated carbocycles. The second-order valence-electron chi connectivity index (χ2n) is 8.79. The largest absolute Gasteiger partial charge is 0.365 e. The monoisotopic (exact) mass is 434 g/mol. The van der Waals surface area contributed by atoms with Crippen molar-refractivity contribution in [3.63, 3.8) is 0 Å². The minimum atomic E-state index is 0.348. The van der Waals surface area contributed by atoms with Crippen LogP contribution in [0.1, 0.15) is 12.5 Å². The van der Waals surface area contributed by atoms with Crippen LogP contribution in [0.5, 0.6) is 0 Å². The van der Waals surface area contributed by atoms with Gasteiger partial charge in [-0.2, -0.15) is 4.52 Å². The number of rotatable bonds is 3. The third-order valence-corrected chi connectivity index (χ3v) is 6.44. The van der Waals surface area contributed by atoms with E-state index in [-0.39, 0.29) is 0 Å². The molecule has 5 aromatic rings. The molecule has 6 heteroatoms. The summed E-state index contributed by atoms with van der Waals surface area (Å²) >= 11 is 0. The number of aromatic nitrogens is 4. The summed E-state index contributed by atoms with van der Waals surface area (Å²) in [6.07, 6.45) is 0. The maximum Gasteiger partial charge on any atom is 0.229 e. The second kappa shape index (κ2) is 7.89. The van der Waals surface area contributed by atoms with Crippen LogP contribution in [0.4, 0.5) is 11.6 Å². The van der Waals surface area contributed by atoms with Crippen molar-refractivity contribution in [2.24, 2.45) is 0 Å². The van der Waals surface area contributed by atoms with Crippen LogP contribution in [0, 0.1) is 6.92 Å². The van der Waals surface area contributed by atoms with E-state index in [2.05, 4.69) is 60.0 Å². The number of piperazine rings is 1. The lowest BCUT2D eigenvalue weighted by Crippen LogP contribution is -2.53. The van der Waals surface area contributed by atoms with Gasteiger partial charge >= 0.3 is 0 Å². The molecule has 0 aliphatic carbocycles. The van der Waals surface area contributed by atoms with Gasteiger partial charge in [-0.3, -0.25) is 0 Å². The van der Waals surface area contributed by atoms with Gasteiger partial charge in [0.2, 0.25) is 5.95 Å². The summed E-state index contributed by atoms with van der Waals surface area (Å²) < 4.78 is 1.93. The Morgan fingerprint density at radius 2 is 1.67 bits per heavy atom. The quantitative estimate of drug-likeness (QED) is 0.401. The first-order valence-corrected chi connectivity index (χ1v) is 11.5. The third kappa shape index (κ3) is 3.48. The Balaban J connectivity index is 1.42. The number of hydrogen-bond acceptors (Lipinski definition) is 5. The molecule has 0 unspecified atom stereocenters. The molecule has 0 spiro atoms. The Labute approximate surface area is 193 Å². The van der Waals surface area contributed by atoms with Gasteiger partial charge < -0.3 is 9.80 Å². The van der Waals surface area contributed by atoms with Crippen LogP contribution < -0.4 is 9.80 Å². The summed E-state index contributed by atoms with van der Waals surface area (Å²) in [4.78, 5) is 14.8. The van der Waals surface area contributed by atoms with E-state index in [0.717, 1.165) is 53.5 Å². The molecule has 1 atom stereocenters. The second-order valence-corrected chi connectivity index (χ2v) is 8.79. The van der Waals surface area contributed by atoms with Crippen molar-refractivity contribution < 1.29 is 0 Å². The first-order valence-electron chi connectivity index (χ1n) is 11.5. The fourth-order valence-electron chi connectivity index (χ4n) is 4.78. The third-order valence-electron chi connectivity index (χ3n) is 6.44. The minimum Gasteiger partial charge on any atom is -0.365 e. The van der Waals surface area contributed by atoms with E-state index in [0.29, 0.717) is 6.04 Å². The molecule has 0 bridgehead atoms. The van der Waals surface area contributed by atoms with Crippen LogP contribution in [0.3, 0.4) is 0 Å². The molecular formula is C27H26N6. The molecule has 2 aromatic heterocycles. The Bertz CT molecular complexity index is 1440. The smallest absolute Gasteiger partial charge is 0.229 e. The molecule has 0 amide bonds. The lowest BCUT2D eigenvalue weighted by molar-refractivity contribution is 0.539. The van der Waals surface area contributed by atoms with Gasteiger partial charge in [-0.25, -0.2) is 9.97 Å². The normalized spacial score (nSPS) is 16.6. The van der Waals surface area contributed by atoms with E-state index < -0.39 is 0 Å². The molecule has 0 radical (unpaired) electrons. The molecule has 1 aliphatic heterocycles. The Hall–Kier alpha value is -3.93. The van der Waals surface area contributed by atoms with Crippen molar-refractivity contribution >= 4 is 28.2 Å². The molecule has 6 nitrogen and oxygen atoms in total. The minimum absolute atomic E-state index is 0.348. The molecular weight excluding hydrogens is 408 g/mol. The standard InChI is InChI=1S/C27H26N6/c1-19-9-8-12-22(17-19)32-16-15-31(18-20(32)2)27-28-24-14-7-6-13-23(24)26-29-25(30-33(26)27)21-10-4-3-5-11-21/h3-14,17,20H,15-16,18H2,1-2H3/t20-/m0/s1. The van der Waals surface area contributed by atoms with Gasteiger partial charge in [-0.05, 0) is 43.7 Å². The lowest BCUT2D eigenvalue weighted by Gasteiger charge is -2.41. The molecule has 1 aliphatic rings.